The van der Waals surface area contributed by atoms with E-state index in [2.05, 4.69) is 26.0 Å². The van der Waals surface area contributed by atoms with Crippen LogP contribution in [0.3, 0.4) is 0 Å². The molecule has 110 valence electrons. The molecule has 0 aliphatic rings. The van der Waals surface area contributed by atoms with Crippen molar-refractivity contribution in [3.05, 3.63) is 59.2 Å². The Kier molecular flexibility index (Phi) is 5.28. The molecule has 0 saturated carbocycles. The Morgan fingerprint density at radius 1 is 1.10 bits per heavy atom. The third-order valence-electron chi connectivity index (χ3n) is 3.28. The predicted molar refractivity (Wildman–Crippen MR) is 85.0 cm³/mol. The SMILES string of the molecule is COC(=O)c1ccccc1OCSc1cccc(C)c1C. The minimum Gasteiger partial charge on any atom is -0.482 e. The van der Waals surface area contributed by atoms with Crippen LogP contribution in [-0.4, -0.2) is 19.0 Å². The number of carbonyl (C=O) groups is 1. The summed E-state index contributed by atoms with van der Waals surface area (Å²) in [6.45, 7) is 4.19. The molecule has 0 aliphatic carbocycles. The van der Waals surface area contributed by atoms with E-state index in [1.807, 2.05) is 12.1 Å². The molecule has 4 heteroatoms. The van der Waals surface area contributed by atoms with Crippen molar-refractivity contribution in [2.75, 3.05) is 13.0 Å². The lowest BCUT2D eigenvalue weighted by Gasteiger charge is -2.11. The second-order valence-corrected chi connectivity index (χ2v) is 5.56. The average molecular weight is 302 g/mol. The third kappa shape index (κ3) is 3.79. The van der Waals surface area contributed by atoms with E-state index in [0.29, 0.717) is 17.3 Å². The first-order valence-electron chi connectivity index (χ1n) is 6.62. The summed E-state index contributed by atoms with van der Waals surface area (Å²) in [7, 11) is 1.37. The van der Waals surface area contributed by atoms with Crippen LogP contribution >= 0.6 is 11.8 Å². The molecule has 0 fully saturated rings. The molecule has 0 amide bonds. The smallest absolute Gasteiger partial charge is 0.341 e. The highest BCUT2D eigenvalue weighted by Gasteiger charge is 2.12. The molecule has 0 unspecified atom stereocenters. The van der Waals surface area contributed by atoms with Gasteiger partial charge in [0.2, 0.25) is 0 Å². The number of hydrogen-bond acceptors (Lipinski definition) is 4. The Morgan fingerprint density at radius 3 is 2.62 bits per heavy atom. The maximum atomic E-state index is 11.7. The molecule has 0 radical (unpaired) electrons. The number of para-hydroxylation sites is 1. The van der Waals surface area contributed by atoms with Gasteiger partial charge >= 0.3 is 5.97 Å². The minimum absolute atomic E-state index is 0.387. The molecule has 2 rings (SSSR count). The summed E-state index contributed by atoms with van der Waals surface area (Å²) in [5, 5.41) is 0. The van der Waals surface area contributed by atoms with Gasteiger partial charge in [0.15, 0.2) is 0 Å². The van der Waals surface area contributed by atoms with E-state index in [1.165, 1.54) is 23.1 Å². The molecule has 0 atom stereocenters. The fourth-order valence-corrected chi connectivity index (χ4v) is 2.77. The highest BCUT2D eigenvalue weighted by Crippen LogP contribution is 2.26. The van der Waals surface area contributed by atoms with Crippen LogP contribution in [0.15, 0.2) is 47.4 Å². The number of esters is 1. The van der Waals surface area contributed by atoms with Crippen molar-refractivity contribution in [1.29, 1.82) is 0 Å². The maximum Gasteiger partial charge on any atom is 0.341 e. The maximum absolute atomic E-state index is 11.7. The second-order valence-electron chi connectivity index (χ2n) is 4.59. The molecular formula is C17H18O3S. The monoisotopic (exact) mass is 302 g/mol. The molecule has 0 aromatic heterocycles. The molecule has 0 saturated heterocycles. The van der Waals surface area contributed by atoms with Crippen molar-refractivity contribution in [2.45, 2.75) is 18.7 Å². The van der Waals surface area contributed by atoms with Gasteiger partial charge in [-0.3, -0.25) is 0 Å². The number of methoxy groups -OCH3 is 1. The second kappa shape index (κ2) is 7.18. The van der Waals surface area contributed by atoms with Crippen LogP contribution in [-0.2, 0) is 4.74 Å². The Balaban J connectivity index is 2.04. The van der Waals surface area contributed by atoms with Crippen LogP contribution in [0, 0.1) is 13.8 Å². The van der Waals surface area contributed by atoms with Crippen LogP contribution in [0.4, 0.5) is 0 Å². The molecule has 3 nitrogen and oxygen atoms in total. The van der Waals surface area contributed by atoms with Crippen molar-refractivity contribution in [3.8, 4) is 5.75 Å². The summed E-state index contributed by atoms with van der Waals surface area (Å²) in [6, 6.07) is 13.3. The first kappa shape index (κ1) is 15.4. The molecule has 21 heavy (non-hydrogen) atoms. The summed E-state index contributed by atoms with van der Waals surface area (Å²) in [6.07, 6.45) is 0. The zero-order chi connectivity index (χ0) is 15.2. The van der Waals surface area contributed by atoms with Crippen molar-refractivity contribution in [1.82, 2.24) is 0 Å². The zero-order valence-electron chi connectivity index (χ0n) is 12.4. The van der Waals surface area contributed by atoms with Gasteiger partial charge < -0.3 is 9.47 Å². The van der Waals surface area contributed by atoms with Crippen molar-refractivity contribution in [3.63, 3.8) is 0 Å². The molecule has 0 bridgehead atoms. The topological polar surface area (TPSA) is 35.5 Å². The minimum atomic E-state index is -0.387. The number of benzene rings is 2. The number of ether oxygens (including phenoxy) is 2. The van der Waals surface area contributed by atoms with Gasteiger partial charge in [0, 0.05) is 4.90 Å². The summed E-state index contributed by atoms with van der Waals surface area (Å²) < 4.78 is 10.5. The highest BCUT2D eigenvalue weighted by molar-refractivity contribution is 7.99. The quantitative estimate of drug-likeness (QED) is 0.470. The van der Waals surface area contributed by atoms with Crippen molar-refractivity contribution < 1.29 is 14.3 Å². The standard InChI is InChI=1S/C17H18O3S/c1-12-7-6-10-16(13(12)2)21-11-20-15-9-5-4-8-14(15)17(18)19-3/h4-10H,11H2,1-3H3. The van der Waals surface area contributed by atoms with Gasteiger partial charge in [0.25, 0.3) is 0 Å². The molecule has 0 spiro atoms. The van der Waals surface area contributed by atoms with Gasteiger partial charge in [-0.15, -0.1) is 0 Å². The van der Waals surface area contributed by atoms with Crippen LogP contribution in [0.1, 0.15) is 21.5 Å². The van der Waals surface area contributed by atoms with Crippen LogP contribution in [0.2, 0.25) is 0 Å². The summed E-state index contributed by atoms with van der Waals surface area (Å²) >= 11 is 1.61. The zero-order valence-corrected chi connectivity index (χ0v) is 13.2. The molecular weight excluding hydrogens is 284 g/mol. The fraction of sp³-hybridized carbons (Fsp3) is 0.235. The summed E-state index contributed by atoms with van der Waals surface area (Å²) in [5.74, 6) is 0.600. The lowest BCUT2D eigenvalue weighted by atomic mass is 10.1. The first-order valence-corrected chi connectivity index (χ1v) is 7.61. The van der Waals surface area contributed by atoms with Crippen molar-refractivity contribution in [2.24, 2.45) is 0 Å². The van der Waals surface area contributed by atoms with E-state index in [-0.39, 0.29) is 5.97 Å². The number of thioether (sulfide) groups is 1. The van der Waals surface area contributed by atoms with Gasteiger partial charge in [0.1, 0.15) is 17.3 Å². The largest absolute Gasteiger partial charge is 0.482 e. The molecule has 0 aliphatic heterocycles. The average Bonchev–Trinajstić information content (AvgIpc) is 2.51. The van der Waals surface area contributed by atoms with Gasteiger partial charge in [-0.2, -0.15) is 0 Å². The van der Waals surface area contributed by atoms with Gasteiger partial charge in [-0.05, 0) is 43.2 Å². The Labute approximate surface area is 129 Å². The number of carbonyl (C=O) groups excluding carboxylic acids is 1. The van der Waals surface area contributed by atoms with E-state index in [4.69, 9.17) is 9.47 Å². The lowest BCUT2D eigenvalue weighted by Crippen LogP contribution is -2.05. The van der Waals surface area contributed by atoms with E-state index in [1.54, 1.807) is 30.0 Å². The van der Waals surface area contributed by atoms with Gasteiger partial charge in [-0.1, -0.05) is 36.0 Å². The lowest BCUT2D eigenvalue weighted by molar-refractivity contribution is 0.0597. The van der Waals surface area contributed by atoms with Crippen LogP contribution in [0.25, 0.3) is 0 Å². The van der Waals surface area contributed by atoms with E-state index in [0.717, 1.165) is 0 Å². The number of rotatable bonds is 5. The third-order valence-corrected chi connectivity index (χ3v) is 4.27. The normalized spacial score (nSPS) is 10.2. The Morgan fingerprint density at radius 2 is 1.86 bits per heavy atom. The molecule has 2 aromatic rings. The number of aryl methyl sites for hydroxylation is 1. The van der Waals surface area contributed by atoms with Crippen LogP contribution < -0.4 is 4.74 Å². The molecule has 0 N–H and O–H groups in total. The Bertz CT molecular complexity index is 638. The van der Waals surface area contributed by atoms with E-state index < -0.39 is 0 Å². The van der Waals surface area contributed by atoms with Gasteiger partial charge in [-0.25, -0.2) is 4.79 Å². The fourth-order valence-electron chi connectivity index (χ4n) is 1.91. The molecule has 2 aromatic carbocycles. The van der Waals surface area contributed by atoms with E-state index >= 15 is 0 Å². The Hall–Kier alpha value is -1.94. The predicted octanol–water partition coefficient (Wildman–Crippen LogP) is 4.22. The first-order chi connectivity index (χ1) is 10.1. The van der Waals surface area contributed by atoms with Crippen LogP contribution in [0.5, 0.6) is 5.75 Å². The highest BCUT2D eigenvalue weighted by atomic mass is 32.2. The number of hydrogen-bond donors (Lipinski definition) is 0. The molecule has 0 heterocycles. The van der Waals surface area contributed by atoms with Gasteiger partial charge in [0.05, 0.1) is 7.11 Å². The summed E-state index contributed by atoms with van der Waals surface area (Å²) in [5.41, 5.74) is 2.96. The van der Waals surface area contributed by atoms with E-state index in [9.17, 15) is 4.79 Å². The summed E-state index contributed by atoms with van der Waals surface area (Å²) in [4.78, 5) is 12.8. The van der Waals surface area contributed by atoms with Crippen molar-refractivity contribution >= 4 is 17.7 Å².